The van der Waals surface area contributed by atoms with E-state index in [2.05, 4.69) is 21.9 Å². The van der Waals surface area contributed by atoms with Crippen molar-refractivity contribution in [3.05, 3.63) is 42.5 Å². The lowest BCUT2D eigenvalue weighted by molar-refractivity contribution is -0.274. The molecule has 2 rings (SSSR count). The lowest BCUT2D eigenvalue weighted by Gasteiger charge is -2.22. The van der Waals surface area contributed by atoms with Gasteiger partial charge in [0.05, 0.1) is 0 Å². The Morgan fingerprint density at radius 1 is 1.28 bits per heavy atom. The normalized spacial score (nSPS) is 18.8. The van der Waals surface area contributed by atoms with Crippen LogP contribution in [-0.2, 0) is 15.1 Å². The van der Waals surface area contributed by atoms with Gasteiger partial charge in [-0.3, -0.25) is 19.8 Å². The topological polar surface area (TPSA) is 117 Å². The van der Waals surface area contributed by atoms with Crippen molar-refractivity contribution < 1.29 is 37.1 Å². The maximum Gasteiger partial charge on any atom is 0.573 e. The Morgan fingerprint density at radius 2 is 1.90 bits per heavy atom. The number of halogens is 3. The summed E-state index contributed by atoms with van der Waals surface area (Å²) < 4.78 is 40.5. The summed E-state index contributed by atoms with van der Waals surface area (Å²) in [5.41, 5.74) is -1.43. The van der Waals surface area contributed by atoms with Gasteiger partial charge in [0.25, 0.3) is 5.91 Å². The van der Waals surface area contributed by atoms with Crippen molar-refractivity contribution in [1.29, 1.82) is 0 Å². The number of alkyl halides is 3. The molecule has 1 aromatic rings. The van der Waals surface area contributed by atoms with Crippen molar-refractivity contribution in [2.24, 2.45) is 0 Å². The van der Waals surface area contributed by atoms with Crippen molar-refractivity contribution >= 4 is 23.9 Å². The van der Waals surface area contributed by atoms with Gasteiger partial charge in [-0.15, -0.1) is 19.8 Å². The van der Waals surface area contributed by atoms with Gasteiger partial charge in [-0.05, 0) is 24.6 Å². The quantitative estimate of drug-likeness (QED) is 0.480. The molecule has 1 aromatic carbocycles. The molecule has 0 aromatic heterocycles. The molecule has 1 aliphatic rings. The van der Waals surface area contributed by atoms with Crippen LogP contribution < -0.4 is 20.7 Å². The number of urea groups is 2. The first-order valence-corrected chi connectivity index (χ1v) is 8.15. The monoisotopic (exact) mass is 414 g/mol. The van der Waals surface area contributed by atoms with Crippen molar-refractivity contribution in [3.8, 4) is 5.75 Å². The number of rotatable bonds is 6. The van der Waals surface area contributed by atoms with Gasteiger partial charge in [0.1, 0.15) is 17.8 Å². The van der Waals surface area contributed by atoms with Gasteiger partial charge in [-0.25, -0.2) is 9.59 Å². The molecule has 1 fully saturated rings. The van der Waals surface area contributed by atoms with Gasteiger partial charge in [0, 0.05) is 6.54 Å². The first-order valence-electron chi connectivity index (χ1n) is 8.15. The third-order valence-electron chi connectivity index (χ3n) is 3.90. The minimum atomic E-state index is -4.87. The highest BCUT2D eigenvalue weighted by Crippen LogP contribution is 2.31. The molecule has 29 heavy (non-hydrogen) atoms. The number of nitrogens with one attached hydrogen (secondary N) is 3. The van der Waals surface area contributed by atoms with Crippen LogP contribution in [-0.4, -0.2) is 48.2 Å². The number of hydrogen-bond donors (Lipinski definition) is 3. The number of hydrogen-bond acceptors (Lipinski definition) is 5. The molecule has 156 valence electrons. The molecule has 0 saturated carbocycles. The van der Waals surface area contributed by atoms with Crippen LogP contribution in [0.5, 0.6) is 5.75 Å². The van der Waals surface area contributed by atoms with Gasteiger partial charge < -0.3 is 15.4 Å². The molecular weight excluding hydrogens is 397 g/mol. The van der Waals surface area contributed by atoms with E-state index in [9.17, 15) is 32.3 Å². The molecular formula is C17H17F3N4O5. The van der Waals surface area contributed by atoms with E-state index in [0.29, 0.717) is 4.90 Å². The molecule has 0 bridgehead atoms. The first kappa shape index (κ1) is 21.7. The number of carbonyl (C=O) groups excluding carboxylic acids is 4. The Balaban J connectivity index is 2.09. The van der Waals surface area contributed by atoms with Crippen LogP contribution in [0.15, 0.2) is 36.9 Å². The third-order valence-corrected chi connectivity index (χ3v) is 3.90. The molecule has 1 heterocycles. The number of ether oxygens (including phenoxy) is 1. The van der Waals surface area contributed by atoms with E-state index in [1.165, 1.54) is 25.1 Å². The maximum atomic E-state index is 12.7. The number of benzene rings is 1. The van der Waals surface area contributed by atoms with E-state index >= 15 is 0 Å². The summed E-state index contributed by atoms with van der Waals surface area (Å²) in [5, 5.41) is 6.62. The van der Waals surface area contributed by atoms with Crippen molar-refractivity contribution in [2.45, 2.75) is 18.8 Å². The molecule has 3 N–H and O–H groups in total. The number of carbonyl (C=O) groups is 4. The average Bonchev–Trinajstić information content (AvgIpc) is 2.83. The Morgan fingerprint density at radius 3 is 2.45 bits per heavy atom. The zero-order chi connectivity index (χ0) is 21.8. The molecule has 6 amide bonds. The third kappa shape index (κ3) is 5.24. The summed E-state index contributed by atoms with van der Waals surface area (Å²) in [6, 6.07) is 2.64. The van der Waals surface area contributed by atoms with Crippen LogP contribution >= 0.6 is 0 Å². The summed E-state index contributed by atoms with van der Waals surface area (Å²) >= 11 is 0. The minimum absolute atomic E-state index is 0.106. The average molecular weight is 414 g/mol. The lowest BCUT2D eigenvalue weighted by atomic mass is 9.92. The van der Waals surface area contributed by atoms with Crippen LogP contribution in [0.2, 0.25) is 0 Å². The van der Waals surface area contributed by atoms with Gasteiger partial charge in [-0.2, -0.15) is 0 Å². The number of nitrogens with zero attached hydrogens (tertiary/aromatic N) is 1. The number of imide groups is 2. The van der Waals surface area contributed by atoms with E-state index < -0.39 is 48.1 Å². The van der Waals surface area contributed by atoms with E-state index in [1.807, 2.05) is 5.32 Å². The molecule has 0 radical (unpaired) electrons. The van der Waals surface area contributed by atoms with Crippen molar-refractivity contribution in [3.63, 3.8) is 0 Å². The zero-order valence-corrected chi connectivity index (χ0v) is 15.1. The molecule has 12 heteroatoms. The van der Waals surface area contributed by atoms with E-state index in [1.54, 1.807) is 0 Å². The van der Waals surface area contributed by atoms with Gasteiger partial charge in [0.2, 0.25) is 5.91 Å². The fourth-order valence-electron chi connectivity index (χ4n) is 2.54. The summed E-state index contributed by atoms with van der Waals surface area (Å²) in [7, 11) is 0. The zero-order valence-electron chi connectivity index (χ0n) is 15.1. The van der Waals surface area contributed by atoms with Crippen molar-refractivity contribution in [2.75, 3.05) is 13.1 Å². The van der Waals surface area contributed by atoms with E-state index in [0.717, 1.165) is 12.1 Å². The van der Waals surface area contributed by atoms with Crippen LogP contribution in [0.1, 0.15) is 12.5 Å². The lowest BCUT2D eigenvalue weighted by Crippen LogP contribution is -2.46. The maximum absolute atomic E-state index is 12.7. The predicted molar refractivity (Wildman–Crippen MR) is 92.5 cm³/mol. The van der Waals surface area contributed by atoms with Gasteiger partial charge in [-0.1, -0.05) is 18.2 Å². The Bertz CT molecular complexity index is 840. The van der Waals surface area contributed by atoms with E-state index in [4.69, 9.17) is 0 Å². The smallest absolute Gasteiger partial charge is 0.406 e. The summed E-state index contributed by atoms with van der Waals surface area (Å²) in [4.78, 5) is 48.8. The molecule has 0 spiro atoms. The minimum Gasteiger partial charge on any atom is -0.406 e. The highest BCUT2D eigenvalue weighted by Gasteiger charge is 2.49. The Kier molecular flexibility index (Phi) is 6.15. The van der Waals surface area contributed by atoms with Crippen LogP contribution in [0.25, 0.3) is 0 Å². The molecule has 0 aliphatic carbocycles. The largest absolute Gasteiger partial charge is 0.573 e. The predicted octanol–water partition coefficient (Wildman–Crippen LogP) is 1.36. The van der Waals surface area contributed by atoms with Gasteiger partial charge >= 0.3 is 18.4 Å². The molecule has 1 aliphatic heterocycles. The second kappa shape index (κ2) is 8.20. The summed E-state index contributed by atoms with van der Waals surface area (Å²) in [6.45, 7) is 4.10. The van der Waals surface area contributed by atoms with Crippen LogP contribution in [0.4, 0.5) is 22.8 Å². The highest BCUT2D eigenvalue weighted by atomic mass is 19.4. The second-order valence-electron chi connectivity index (χ2n) is 6.07. The molecule has 0 unspecified atom stereocenters. The molecule has 1 saturated heterocycles. The molecule has 1 atom stereocenters. The first-order chi connectivity index (χ1) is 13.5. The summed E-state index contributed by atoms with van der Waals surface area (Å²) in [5.74, 6) is -2.22. The fraction of sp³-hybridized carbons (Fsp3) is 0.294. The standard InChI is InChI=1S/C17H17F3N4O5/c1-3-8-21-14(27)22-12(25)9-24-13(26)16(2,23-15(24)28)10-4-6-11(7-5-10)29-17(18,19)20/h3-7H,1,8-9H2,2H3,(H,23,28)(H2,21,22,25,27)/t16-/m1/s1. The molecule has 9 nitrogen and oxygen atoms in total. The fourth-order valence-corrected chi connectivity index (χ4v) is 2.54. The Hall–Kier alpha value is -3.57. The summed E-state index contributed by atoms with van der Waals surface area (Å²) in [6.07, 6.45) is -3.48. The van der Waals surface area contributed by atoms with Crippen molar-refractivity contribution in [1.82, 2.24) is 20.9 Å². The SMILES string of the molecule is C=CCNC(=O)NC(=O)CN1C(=O)N[C@](C)(c2ccc(OC(F)(F)F)cc2)C1=O. The van der Waals surface area contributed by atoms with Gasteiger partial charge in [0.15, 0.2) is 0 Å². The Labute approximate surface area is 162 Å². The highest BCUT2D eigenvalue weighted by molar-refractivity contribution is 6.10. The van der Waals surface area contributed by atoms with E-state index in [-0.39, 0.29) is 12.1 Å². The van der Waals surface area contributed by atoms with Crippen LogP contribution in [0.3, 0.4) is 0 Å². The van der Waals surface area contributed by atoms with Crippen LogP contribution in [0, 0.1) is 0 Å². The second-order valence-corrected chi connectivity index (χ2v) is 6.07. The number of amides is 6.